The number of fused-ring (bicyclic) bond motifs is 2. The third-order valence-electron chi connectivity index (χ3n) is 6.09. The molecule has 0 spiro atoms. The number of rotatable bonds is 4. The zero-order valence-electron chi connectivity index (χ0n) is 18.7. The first kappa shape index (κ1) is 22.3. The molecule has 4 rings (SSSR count). The lowest BCUT2D eigenvalue weighted by Crippen LogP contribution is -2.26. The van der Waals surface area contributed by atoms with Crippen LogP contribution in [-0.4, -0.2) is 18.5 Å². The van der Waals surface area contributed by atoms with E-state index in [9.17, 15) is 14.4 Å². The van der Waals surface area contributed by atoms with Crippen LogP contribution in [0.3, 0.4) is 0 Å². The number of ether oxygens (including phenoxy) is 1. The Morgan fingerprint density at radius 2 is 2.00 bits per heavy atom. The van der Waals surface area contributed by atoms with Crippen molar-refractivity contribution < 1.29 is 18.7 Å². The summed E-state index contributed by atoms with van der Waals surface area (Å²) in [4.78, 5) is 39.2. The molecule has 32 heavy (non-hydrogen) atoms. The van der Waals surface area contributed by atoms with Gasteiger partial charge in [-0.3, -0.25) is 4.79 Å². The molecule has 0 aliphatic heterocycles. The largest absolute Gasteiger partial charge is 0.462 e. The van der Waals surface area contributed by atoms with Crippen molar-refractivity contribution in [3.63, 3.8) is 0 Å². The van der Waals surface area contributed by atoms with Crippen molar-refractivity contribution in [1.29, 1.82) is 0 Å². The molecule has 0 saturated heterocycles. The van der Waals surface area contributed by atoms with Gasteiger partial charge < -0.3 is 14.5 Å². The average Bonchev–Trinajstić information content (AvgIpc) is 3.10. The molecule has 6 nitrogen and oxygen atoms in total. The number of esters is 1. The first-order valence-electron chi connectivity index (χ1n) is 10.8. The minimum Gasteiger partial charge on any atom is -0.462 e. The Morgan fingerprint density at radius 1 is 1.25 bits per heavy atom. The number of nitrogens with one attached hydrogen (secondary N) is 1. The minimum absolute atomic E-state index is 0.0950. The lowest BCUT2D eigenvalue weighted by Gasteiger charge is -2.33. The van der Waals surface area contributed by atoms with E-state index in [2.05, 4.69) is 26.1 Å². The molecule has 1 aliphatic rings. The van der Waals surface area contributed by atoms with E-state index < -0.39 is 17.5 Å². The van der Waals surface area contributed by atoms with E-state index in [1.807, 2.05) is 0 Å². The molecule has 1 atom stereocenters. The molecule has 0 fully saturated rings. The number of carbonyl (C=O) groups excluding carboxylic acids is 2. The van der Waals surface area contributed by atoms with Crippen LogP contribution in [0.25, 0.3) is 10.8 Å². The predicted octanol–water partition coefficient (Wildman–Crippen LogP) is 5.43. The van der Waals surface area contributed by atoms with Gasteiger partial charge in [0, 0.05) is 4.88 Å². The number of anilines is 1. The predicted molar refractivity (Wildman–Crippen MR) is 126 cm³/mol. The monoisotopic (exact) mass is 453 g/mol. The molecule has 1 aromatic carbocycles. The molecule has 168 valence electrons. The highest BCUT2D eigenvalue weighted by molar-refractivity contribution is 7.17. The fourth-order valence-corrected chi connectivity index (χ4v) is 5.55. The van der Waals surface area contributed by atoms with Gasteiger partial charge in [0.15, 0.2) is 5.76 Å². The fourth-order valence-electron chi connectivity index (χ4n) is 4.24. The molecule has 0 unspecified atom stereocenters. The summed E-state index contributed by atoms with van der Waals surface area (Å²) < 4.78 is 10.6. The van der Waals surface area contributed by atoms with E-state index in [1.165, 1.54) is 11.3 Å². The highest BCUT2D eigenvalue weighted by atomic mass is 32.1. The van der Waals surface area contributed by atoms with Gasteiger partial charge in [0.1, 0.15) is 5.00 Å². The molecule has 1 N–H and O–H groups in total. The quantitative estimate of drug-likeness (QED) is 0.532. The van der Waals surface area contributed by atoms with Crippen molar-refractivity contribution in [3.8, 4) is 0 Å². The molecule has 2 aromatic heterocycles. The first-order chi connectivity index (χ1) is 15.2. The van der Waals surface area contributed by atoms with E-state index in [1.54, 1.807) is 37.3 Å². The lowest BCUT2D eigenvalue weighted by molar-refractivity contribution is 0.0526. The van der Waals surface area contributed by atoms with Crippen LogP contribution in [0.1, 0.15) is 65.5 Å². The number of thiophene rings is 1. The number of hydrogen-bond donors (Lipinski definition) is 1. The topological polar surface area (TPSA) is 85.6 Å². The zero-order valence-corrected chi connectivity index (χ0v) is 19.6. The molecule has 0 radical (unpaired) electrons. The number of hydrogen-bond acceptors (Lipinski definition) is 6. The van der Waals surface area contributed by atoms with Crippen LogP contribution in [0.15, 0.2) is 39.5 Å². The lowest BCUT2D eigenvalue weighted by atomic mass is 9.72. The second kappa shape index (κ2) is 8.54. The number of amides is 1. The Bertz CT molecular complexity index is 1250. The van der Waals surface area contributed by atoms with Crippen molar-refractivity contribution in [2.45, 2.75) is 47.0 Å². The summed E-state index contributed by atoms with van der Waals surface area (Å²) in [6, 6.07) is 8.48. The molecule has 0 saturated carbocycles. The Hall–Kier alpha value is -2.93. The van der Waals surface area contributed by atoms with Crippen molar-refractivity contribution in [2.75, 3.05) is 11.9 Å². The maximum absolute atomic E-state index is 13.0. The summed E-state index contributed by atoms with van der Waals surface area (Å²) in [5.74, 6) is -0.605. The summed E-state index contributed by atoms with van der Waals surface area (Å²) in [5.41, 5.74) is 0.973. The van der Waals surface area contributed by atoms with Crippen molar-refractivity contribution >= 4 is 39.0 Å². The molecule has 0 bridgehead atoms. The highest BCUT2D eigenvalue weighted by Gasteiger charge is 2.34. The summed E-state index contributed by atoms with van der Waals surface area (Å²) >= 11 is 1.41. The summed E-state index contributed by atoms with van der Waals surface area (Å²) in [6.45, 7) is 8.70. The van der Waals surface area contributed by atoms with Gasteiger partial charge in [0.25, 0.3) is 5.91 Å². The summed E-state index contributed by atoms with van der Waals surface area (Å²) in [7, 11) is 0. The van der Waals surface area contributed by atoms with Crippen LogP contribution in [0.2, 0.25) is 0 Å². The molecular weight excluding hydrogens is 426 g/mol. The first-order valence-corrected chi connectivity index (χ1v) is 11.7. The van der Waals surface area contributed by atoms with E-state index >= 15 is 0 Å². The fraction of sp³-hybridized carbons (Fsp3) is 0.400. The second-order valence-corrected chi connectivity index (χ2v) is 10.3. The molecule has 1 amide bonds. The van der Waals surface area contributed by atoms with Crippen LogP contribution in [0.5, 0.6) is 0 Å². The van der Waals surface area contributed by atoms with Crippen molar-refractivity contribution in [2.24, 2.45) is 11.3 Å². The zero-order chi connectivity index (χ0) is 23.0. The summed E-state index contributed by atoms with van der Waals surface area (Å²) in [5, 5.41) is 4.30. The van der Waals surface area contributed by atoms with E-state index in [0.29, 0.717) is 27.3 Å². The van der Waals surface area contributed by atoms with E-state index in [-0.39, 0.29) is 17.8 Å². The summed E-state index contributed by atoms with van der Waals surface area (Å²) in [6.07, 6.45) is 2.60. The Balaban J connectivity index is 1.70. The third kappa shape index (κ3) is 4.21. The maximum Gasteiger partial charge on any atom is 0.344 e. The highest BCUT2D eigenvalue weighted by Crippen LogP contribution is 2.44. The number of benzene rings is 1. The normalized spacial score (nSPS) is 15.9. The second-order valence-electron chi connectivity index (χ2n) is 9.17. The molecule has 1 aliphatic carbocycles. The van der Waals surface area contributed by atoms with Gasteiger partial charge in [-0.15, -0.1) is 11.3 Å². The molecule has 2 heterocycles. The van der Waals surface area contributed by atoms with Crippen LogP contribution in [-0.2, 0) is 17.6 Å². The van der Waals surface area contributed by atoms with Gasteiger partial charge in [0.2, 0.25) is 0 Å². The maximum atomic E-state index is 13.0. The minimum atomic E-state index is -0.572. The molecule has 7 heteroatoms. The third-order valence-corrected chi connectivity index (χ3v) is 7.26. The standard InChI is InChI=1S/C25H27NO5S/c1-5-30-24(29)20-17-11-10-15(25(2,3)4)13-19(17)32-22(20)26-21(27)18-12-14-8-6-7-9-16(14)23(28)31-18/h6-9,12,15H,5,10-11,13H2,1-4H3,(H,26,27)/t15-/m0/s1. The Labute approximate surface area is 190 Å². The molecular formula is C25H27NO5S. The van der Waals surface area contributed by atoms with Gasteiger partial charge in [-0.05, 0) is 60.6 Å². The van der Waals surface area contributed by atoms with Gasteiger partial charge in [-0.1, -0.05) is 39.0 Å². The number of carbonyl (C=O) groups is 2. The van der Waals surface area contributed by atoms with Gasteiger partial charge >= 0.3 is 11.6 Å². The van der Waals surface area contributed by atoms with Crippen LogP contribution < -0.4 is 10.9 Å². The van der Waals surface area contributed by atoms with Crippen LogP contribution >= 0.6 is 11.3 Å². The van der Waals surface area contributed by atoms with E-state index in [0.717, 1.165) is 29.7 Å². The van der Waals surface area contributed by atoms with E-state index in [4.69, 9.17) is 9.15 Å². The van der Waals surface area contributed by atoms with Crippen LogP contribution in [0, 0.1) is 11.3 Å². The van der Waals surface area contributed by atoms with Gasteiger partial charge in [0.05, 0.1) is 17.6 Å². The van der Waals surface area contributed by atoms with Crippen LogP contribution in [0.4, 0.5) is 5.00 Å². The Morgan fingerprint density at radius 3 is 2.72 bits per heavy atom. The van der Waals surface area contributed by atoms with Crippen molar-refractivity contribution in [1.82, 2.24) is 0 Å². The molecule has 3 aromatic rings. The van der Waals surface area contributed by atoms with Crippen molar-refractivity contribution in [3.05, 3.63) is 62.5 Å². The SMILES string of the molecule is CCOC(=O)c1c(NC(=O)c2cc3ccccc3c(=O)o2)sc2c1CC[C@H](C(C)(C)C)C2. The Kier molecular flexibility index (Phi) is 5.95. The van der Waals surface area contributed by atoms with Gasteiger partial charge in [-0.2, -0.15) is 0 Å². The smallest absolute Gasteiger partial charge is 0.344 e. The van der Waals surface area contributed by atoms with Gasteiger partial charge in [-0.25, -0.2) is 9.59 Å². The average molecular weight is 454 g/mol.